The molecule has 2 atom stereocenters. The Morgan fingerprint density at radius 2 is 1.87 bits per heavy atom. The van der Waals surface area contributed by atoms with Crippen LogP contribution < -0.4 is 20.7 Å². The molecule has 0 spiro atoms. The summed E-state index contributed by atoms with van der Waals surface area (Å²) in [5, 5.41) is 18.7. The Bertz CT molecular complexity index is 1350. The zero-order valence-electron chi connectivity index (χ0n) is 22.2. The van der Waals surface area contributed by atoms with Gasteiger partial charge in [-0.2, -0.15) is 4.98 Å². The number of amides is 2. The molecule has 2 unspecified atom stereocenters. The number of aryl methyl sites for hydroxylation is 1. The van der Waals surface area contributed by atoms with Crippen molar-refractivity contribution in [2.24, 2.45) is 0 Å². The molecule has 10 nitrogen and oxygen atoms in total. The predicted octanol–water partition coefficient (Wildman–Crippen LogP) is 4.73. The van der Waals surface area contributed by atoms with Gasteiger partial charge in [0.25, 0.3) is 5.91 Å². The first-order valence-corrected chi connectivity index (χ1v) is 13.3. The molecule has 1 fully saturated rings. The average molecular weight is 531 g/mol. The molecule has 1 aliphatic heterocycles. The van der Waals surface area contributed by atoms with Crippen molar-refractivity contribution in [2.75, 3.05) is 24.3 Å². The van der Waals surface area contributed by atoms with Crippen molar-refractivity contribution in [1.29, 1.82) is 0 Å². The Morgan fingerprint density at radius 3 is 2.59 bits per heavy atom. The number of ether oxygens (including phenoxy) is 1. The third kappa shape index (κ3) is 6.22. The topological polar surface area (TPSA) is 129 Å². The molecule has 39 heavy (non-hydrogen) atoms. The highest BCUT2D eigenvalue weighted by Crippen LogP contribution is 2.30. The van der Waals surface area contributed by atoms with E-state index in [0.717, 1.165) is 48.2 Å². The number of nitrogens with one attached hydrogen (secondary N) is 3. The van der Waals surface area contributed by atoms with E-state index in [1.54, 1.807) is 7.11 Å². The molecule has 0 saturated heterocycles. The highest BCUT2D eigenvalue weighted by Gasteiger charge is 2.32. The SMILES string of the molecule is COc1ccc(CN2CCc3nc(NC4CCCCC4NC(=O)O)nc(Nc4cccc(C)c4)c3C2=O)cc1. The fourth-order valence-corrected chi connectivity index (χ4v) is 5.33. The van der Waals surface area contributed by atoms with Gasteiger partial charge >= 0.3 is 6.09 Å². The second-order valence-corrected chi connectivity index (χ2v) is 10.1. The lowest BCUT2D eigenvalue weighted by Gasteiger charge is -2.33. The average Bonchev–Trinajstić information content (AvgIpc) is 2.91. The van der Waals surface area contributed by atoms with Crippen LogP contribution in [-0.4, -0.2) is 57.7 Å². The van der Waals surface area contributed by atoms with Crippen LogP contribution in [0.5, 0.6) is 5.75 Å². The van der Waals surface area contributed by atoms with Gasteiger partial charge in [-0.3, -0.25) is 4.79 Å². The molecule has 0 bridgehead atoms. The van der Waals surface area contributed by atoms with E-state index in [1.807, 2.05) is 60.4 Å². The lowest BCUT2D eigenvalue weighted by atomic mass is 9.90. The minimum Gasteiger partial charge on any atom is -0.497 e. The monoisotopic (exact) mass is 530 g/mol. The molecule has 2 amide bonds. The summed E-state index contributed by atoms with van der Waals surface area (Å²) in [5.41, 5.74) is 4.06. The number of methoxy groups -OCH3 is 1. The summed E-state index contributed by atoms with van der Waals surface area (Å²) in [6.07, 6.45) is 3.06. The summed E-state index contributed by atoms with van der Waals surface area (Å²) in [7, 11) is 1.63. The highest BCUT2D eigenvalue weighted by molar-refractivity contribution is 6.01. The number of carbonyl (C=O) groups excluding carboxylic acids is 1. The Morgan fingerprint density at radius 1 is 1.10 bits per heavy atom. The fraction of sp³-hybridized carbons (Fsp3) is 0.379. The molecular formula is C29H34N6O4. The first-order chi connectivity index (χ1) is 18.9. The van der Waals surface area contributed by atoms with Crippen LogP contribution in [0.2, 0.25) is 0 Å². The Kier molecular flexibility index (Phi) is 7.81. The van der Waals surface area contributed by atoms with Crippen molar-refractivity contribution < 1.29 is 19.4 Å². The van der Waals surface area contributed by atoms with Gasteiger partial charge in [-0.1, -0.05) is 37.1 Å². The number of carbonyl (C=O) groups is 2. The van der Waals surface area contributed by atoms with Gasteiger partial charge in [0.05, 0.1) is 18.8 Å². The van der Waals surface area contributed by atoms with E-state index in [4.69, 9.17) is 14.7 Å². The molecule has 1 aliphatic carbocycles. The van der Waals surface area contributed by atoms with E-state index in [0.29, 0.717) is 42.5 Å². The maximum atomic E-state index is 13.8. The van der Waals surface area contributed by atoms with Gasteiger partial charge in [0.1, 0.15) is 17.1 Å². The van der Waals surface area contributed by atoms with Crippen LogP contribution in [0.25, 0.3) is 0 Å². The molecular weight excluding hydrogens is 496 g/mol. The lowest BCUT2D eigenvalue weighted by molar-refractivity contribution is 0.0726. The highest BCUT2D eigenvalue weighted by atomic mass is 16.5. The van der Waals surface area contributed by atoms with Crippen molar-refractivity contribution in [2.45, 2.75) is 57.7 Å². The standard InChI is InChI=1S/C29H34N6O4/c1-18-6-5-7-20(16-18)30-26-25-24(14-15-35(27(25)36)17-19-10-12-21(39-2)13-11-19)32-28(34-26)31-22-8-3-4-9-23(22)33-29(37)38/h5-7,10-13,16,22-23,33H,3-4,8-9,14-15,17H2,1-2H3,(H,37,38)(H2,30,31,32,34). The number of hydrogen-bond donors (Lipinski definition) is 4. The van der Waals surface area contributed by atoms with Crippen LogP contribution in [0.15, 0.2) is 48.5 Å². The van der Waals surface area contributed by atoms with Crippen molar-refractivity contribution in [3.8, 4) is 5.75 Å². The molecule has 5 rings (SSSR count). The number of rotatable bonds is 8. The number of aromatic nitrogens is 2. The maximum absolute atomic E-state index is 13.8. The molecule has 1 aromatic heterocycles. The minimum atomic E-state index is -1.04. The third-order valence-corrected chi connectivity index (χ3v) is 7.31. The van der Waals surface area contributed by atoms with E-state index >= 15 is 0 Å². The molecule has 4 N–H and O–H groups in total. The van der Waals surface area contributed by atoms with Crippen molar-refractivity contribution >= 4 is 29.5 Å². The van der Waals surface area contributed by atoms with Gasteiger partial charge in [0.15, 0.2) is 0 Å². The normalized spacial score (nSPS) is 18.7. The second kappa shape index (κ2) is 11.6. The van der Waals surface area contributed by atoms with Crippen molar-refractivity contribution in [3.05, 3.63) is 70.9 Å². The molecule has 0 radical (unpaired) electrons. The summed E-state index contributed by atoms with van der Waals surface area (Å²) in [4.78, 5) is 36.5. The first kappa shape index (κ1) is 26.3. The van der Waals surface area contributed by atoms with Gasteiger partial charge in [-0.15, -0.1) is 0 Å². The number of hydrogen-bond acceptors (Lipinski definition) is 7. The van der Waals surface area contributed by atoms with Gasteiger partial charge in [0, 0.05) is 31.2 Å². The quantitative estimate of drug-likeness (QED) is 0.329. The second-order valence-electron chi connectivity index (χ2n) is 10.1. The number of benzene rings is 2. The van der Waals surface area contributed by atoms with Gasteiger partial charge in [-0.05, 0) is 55.2 Å². The zero-order chi connectivity index (χ0) is 27.4. The zero-order valence-corrected chi connectivity index (χ0v) is 22.2. The van der Waals surface area contributed by atoms with Crippen LogP contribution in [-0.2, 0) is 13.0 Å². The van der Waals surface area contributed by atoms with Crippen LogP contribution in [0.4, 0.5) is 22.2 Å². The van der Waals surface area contributed by atoms with Crippen LogP contribution in [0.3, 0.4) is 0 Å². The third-order valence-electron chi connectivity index (χ3n) is 7.31. The van der Waals surface area contributed by atoms with Crippen LogP contribution >= 0.6 is 0 Å². The van der Waals surface area contributed by atoms with E-state index in [2.05, 4.69) is 16.0 Å². The molecule has 2 aromatic carbocycles. The van der Waals surface area contributed by atoms with Gasteiger partial charge < -0.3 is 30.7 Å². The molecule has 2 heterocycles. The summed E-state index contributed by atoms with van der Waals surface area (Å²) < 4.78 is 5.25. The van der Waals surface area contributed by atoms with Gasteiger partial charge in [-0.25, -0.2) is 9.78 Å². The molecule has 1 saturated carbocycles. The van der Waals surface area contributed by atoms with Gasteiger partial charge in [0.2, 0.25) is 5.95 Å². The number of fused-ring (bicyclic) bond motifs is 1. The Balaban J connectivity index is 1.45. The Hall–Kier alpha value is -4.34. The summed E-state index contributed by atoms with van der Waals surface area (Å²) >= 11 is 0. The Labute approximate surface area is 227 Å². The summed E-state index contributed by atoms with van der Waals surface area (Å²) in [6, 6.07) is 15.2. The van der Waals surface area contributed by atoms with E-state index < -0.39 is 6.09 Å². The van der Waals surface area contributed by atoms with E-state index in [9.17, 15) is 14.7 Å². The minimum absolute atomic E-state index is 0.128. The van der Waals surface area contributed by atoms with Crippen molar-refractivity contribution in [3.63, 3.8) is 0 Å². The van der Waals surface area contributed by atoms with E-state index in [1.165, 1.54) is 0 Å². The largest absolute Gasteiger partial charge is 0.497 e. The number of nitrogens with zero attached hydrogens (tertiary/aromatic N) is 3. The van der Waals surface area contributed by atoms with Crippen LogP contribution in [0, 0.1) is 6.92 Å². The predicted molar refractivity (Wildman–Crippen MR) is 149 cm³/mol. The summed E-state index contributed by atoms with van der Waals surface area (Å²) in [5.74, 6) is 1.48. The summed E-state index contributed by atoms with van der Waals surface area (Å²) in [6.45, 7) is 3.01. The number of anilines is 3. The lowest BCUT2D eigenvalue weighted by Crippen LogP contribution is -2.48. The molecule has 10 heteroatoms. The first-order valence-electron chi connectivity index (χ1n) is 13.3. The molecule has 204 valence electrons. The fourth-order valence-electron chi connectivity index (χ4n) is 5.33. The maximum Gasteiger partial charge on any atom is 0.404 e. The van der Waals surface area contributed by atoms with Crippen LogP contribution in [0.1, 0.15) is 52.9 Å². The smallest absolute Gasteiger partial charge is 0.404 e. The molecule has 2 aliphatic rings. The van der Waals surface area contributed by atoms with E-state index in [-0.39, 0.29) is 18.0 Å². The number of carboxylic acid groups (broad SMARTS) is 1. The van der Waals surface area contributed by atoms with Crippen molar-refractivity contribution in [1.82, 2.24) is 20.2 Å². The molecule has 3 aromatic rings.